The molecule has 0 saturated carbocycles. The Morgan fingerprint density at radius 3 is 3.13 bits per heavy atom. The fraction of sp³-hybridized carbons (Fsp3) is 0.900. The number of nitrogens with zero attached hydrogens (tertiary/aromatic N) is 1. The molecule has 2 atom stereocenters. The lowest BCUT2D eigenvalue weighted by Crippen LogP contribution is -2.50. The zero-order valence-corrected chi connectivity index (χ0v) is 8.95. The molecule has 2 fully saturated rings. The minimum absolute atomic E-state index is 0.0251. The van der Waals surface area contributed by atoms with E-state index in [1.165, 1.54) is 0 Å². The molecule has 5 nitrogen and oxygen atoms in total. The number of nitrogens with one attached hydrogen (secondary N) is 1. The normalized spacial score (nSPS) is 32.3. The largest absolute Gasteiger partial charge is 0.365 e. The molecule has 2 saturated heterocycles. The van der Waals surface area contributed by atoms with Gasteiger partial charge in [-0.2, -0.15) is 0 Å². The number of hydrogen-bond donors (Lipinski definition) is 2. The van der Waals surface area contributed by atoms with E-state index in [4.69, 9.17) is 10.5 Å². The van der Waals surface area contributed by atoms with Crippen LogP contribution >= 0.6 is 0 Å². The molecule has 0 radical (unpaired) electrons. The van der Waals surface area contributed by atoms with Gasteiger partial charge in [-0.15, -0.1) is 0 Å². The monoisotopic (exact) mass is 213 g/mol. The first kappa shape index (κ1) is 10.9. The van der Waals surface area contributed by atoms with Crippen LogP contribution in [0.15, 0.2) is 0 Å². The lowest BCUT2D eigenvalue weighted by atomic mass is 10.1. The Kier molecular flexibility index (Phi) is 3.56. The van der Waals surface area contributed by atoms with E-state index in [2.05, 4.69) is 5.32 Å². The molecule has 2 aliphatic rings. The van der Waals surface area contributed by atoms with E-state index in [9.17, 15) is 4.79 Å². The third-order valence-corrected chi connectivity index (χ3v) is 3.12. The lowest BCUT2D eigenvalue weighted by Gasteiger charge is -2.33. The van der Waals surface area contributed by atoms with E-state index in [0.29, 0.717) is 19.0 Å². The first-order valence-corrected chi connectivity index (χ1v) is 5.59. The van der Waals surface area contributed by atoms with Crippen LogP contribution in [0.1, 0.15) is 6.42 Å². The van der Waals surface area contributed by atoms with E-state index < -0.39 is 0 Å². The molecule has 2 rings (SSSR count). The SMILES string of the molecule is NCC1CN(CC2CCNC2)C(=O)CO1. The Labute approximate surface area is 89.9 Å². The van der Waals surface area contributed by atoms with Gasteiger partial charge in [0.25, 0.3) is 0 Å². The van der Waals surface area contributed by atoms with Crippen molar-refractivity contribution in [1.82, 2.24) is 10.2 Å². The highest BCUT2D eigenvalue weighted by Crippen LogP contribution is 2.13. The van der Waals surface area contributed by atoms with Crippen molar-refractivity contribution in [2.75, 3.05) is 39.3 Å². The van der Waals surface area contributed by atoms with Crippen molar-refractivity contribution in [3.63, 3.8) is 0 Å². The molecule has 2 unspecified atom stereocenters. The highest BCUT2D eigenvalue weighted by molar-refractivity contribution is 5.78. The molecule has 3 N–H and O–H groups in total. The van der Waals surface area contributed by atoms with E-state index in [0.717, 1.165) is 26.1 Å². The van der Waals surface area contributed by atoms with Crippen LogP contribution < -0.4 is 11.1 Å². The quantitative estimate of drug-likeness (QED) is 0.617. The van der Waals surface area contributed by atoms with Gasteiger partial charge in [0.15, 0.2) is 0 Å². The average Bonchev–Trinajstić information content (AvgIpc) is 2.74. The van der Waals surface area contributed by atoms with Crippen molar-refractivity contribution in [2.24, 2.45) is 11.7 Å². The number of carbonyl (C=O) groups excluding carboxylic acids is 1. The minimum atomic E-state index is 0.0251. The second-order valence-electron chi connectivity index (χ2n) is 4.33. The molecule has 0 aliphatic carbocycles. The molecule has 86 valence electrons. The molecular weight excluding hydrogens is 194 g/mol. The smallest absolute Gasteiger partial charge is 0.248 e. The van der Waals surface area contributed by atoms with E-state index in [1.807, 2.05) is 4.90 Å². The van der Waals surface area contributed by atoms with Gasteiger partial charge in [0.1, 0.15) is 6.61 Å². The number of hydrogen-bond acceptors (Lipinski definition) is 4. The Hall–Kier alpha value is -0.650. The molecule has 0 aromatic rings. The average molecular weight is 213 g/mol. The molecule has 15 heavy (non-hydrogen) atoms. The Balaban J connectivity index is 1.85. The highest BCUT2D eigenvalue weighted by atomic mass is 16.5. The van der Waals surface area contributed by atoms with Gasteiger partial charge in [0, 0.05) is 19.6 Å². The summed E-state index contributed by atoms with van der Waals surface area (Å²) in [6.07, 6.45) is 1.19. The standard InChI is InChI=1S/C10H19N3O2/c11-3-9-6-13(10(14)7-15-9)5-8-1-2-12-4-8/h8-9,12H,1-7,11H2. The lowest BCUT2D eigenvalue weighted by molar-refractivity contribution is -0.148. The first-order chi connectivity index (χ1) is 7.29. The van der Waals surface area contributed by atoms with Crippen molar-refractivity contribution in [3.05, 3.63) is 0 Å². The predicted molar refractivity (Wildman–Crippen MR) is 56.4 cm³/mol. The third-order valence-electron chi connectivity index (χ3n) is 3.12. The van der Waals surface area contributed by atoms with Gasteiger partial charge < -0.3 is 20.7 Å². The molecule has 2 heterocycles. The zero-order valence-electron chi connectivity index (χ0n) is 8.95. The summed E-state index contributed by atoms with van der Waals surface area (Å²) in [4.78, 5) is 13.5. The molecule has 2 aliphatic heterocycles. The predicted octanol–water partition coefficient (Wildman–Crippen LogP) is -1.22. The number of amides is 1. The summed E-state index contributed by atoms with van der Waals surface area (Å²) in [6.45, 7) is 4.30. The van der Waals surface area contributed by atoms with Crippen LogP contribution in [0.3, 0.4) is 0 Å². The first-order valence-electron chi connectivity index (χ1n) is 5.59. The summed E-state index contributed by atoms with van der Waals surface area (Å²) in [5.74, 6) is 0.706. The third kappa shape index (κ3) is 2.68. The number of ether oxygens (including phenoxy) is 1. The van der Waals surface area contributed by atoms with Crippen LogP contribution in [-0.2, 0) is 9.53 Å². The van der Waals surface area contributed by atoms with Crippen LogP contribution in [0.5, 0.6) is 0 Å². The molecule has 0 aromatic heterocycles. The molecule has 1 amide bonds. The molecule has 0 bridgehead atoms. The van der Waals surface area contributed by atoms with Gasteiger partial charge in [0.05, 0.1) is 6.10 Å². The summed E-state index contributed by atoms with van der Waals surface area (Å²) in [5.41, 5.74) is 5.54. The summed E-state index contributed by atoms with van der Waals surface area (Å²) in [7, 11) is 0. The van der Waals surface area contributed by atoms with Crippen LogP contribution in [-0.4, -0.2) is 56.2 Å². The highest BCUT2D eigenvalue weighted by Gasteiger charge is 2.28. The van der Waals surface area contributed by atoms with Crippen LogP contribution in [0.2, 0.25) is 0 Å². The Bertz CT molecular complexity index is 229. The van der Waals surface area contributed by atoms with Crippen LogP contribution in [0.4, 0.5) is 0 Å². The van der Waals surface area contributed by atoms with Gasteiger partial charge in [-0.05, 0) is 25.4 Å². The molecule has 0 aromatic carbocycles. The fourth-order valence-corrected chi connectivity index (χ4v) is 2.18. The van der Waals surface area contributed by atoms with E-state index >= 15 is 0 Å². The number of carbonyl (C=O) groups is 1. The van der Waals surface area contributed by atoms with Crippen LogP contribution in [0, 0.1) is 5.92 Å². The summed E-state index contributed by atoms with van der Waals surface area (Å²) in [5, 5.41) is 3.31. The van der Waals surface area contributed by atoms with Crippen molar-refractivity contribution in [2.45, 2.75) is 12.5 Å². The second-order valence-corrected chi connectivity index (χ2v) is 4.33. The number of nitrogens with two attached hydrogens (primary N) is 1. The second kappa shape index (κ2) is 4.92. The van der Waals surface area contributed by atoms with Crippen molar-refractivity contribution in [3.8, 4) is 0 Å². The van der Waals surface area contributed by atoms with Gasteiger partial charge in [0.2, 0.25) is 5.91 Å². The maximum Gasteiger partial charge on any atom is 0.248 e. The summed E-state index contributed by atoms with van der Waals surface area (Å²) < 4.78 is 5.30. The van der Waals surface area contributed by atoms with Crippen molar-refractivity contribution in [1.29, 1.82) is 0 Å². The number of rotatable bonds is 3. The zero-order chi connectivity index (χ0) is 10.7. The minimum Gasteiger partial charge on any atom is -0.365 e. The molecule has 0 spiro atoms. The summed E-state index contributed by atoms with van der Waals surface area (Å²) in [6, 6.07) is 0. The van der Waals surface area contributed by atoms with Crippen molar-refractivity contribution >= 4 is 5.91 Å². The van der Waals surface area contributed by atoms with Gasteiger partial charge in [-0.1, -0.05) is 0 Å². The van der Waals surface area contributed by atoms with Gasteiger partial charge in [-0.25, -0.2) is 0 Å². The van der Waals surface area contributed by atoms with Gasteiger partial charge in [-0.3, -0.25) is 4.79 Å². The topological polar surface area (TPSA) is 67.6 Å². The maximum absolute atomic E-state index is 11.6. The van der Waals surface area contributed by atoms with E-state index in [-0.39, 0.29) is 18.6 Å². The maximum atomic E-state index is 11.6. The summed E-state index contributed by atoms with van der Waals surface area (Å²) >= 11 is 0. The molecule has 5 heteroatoms. The number of morpholine rings is 1. The van der Waals surface area contributed by atoms with E-state index in [1.54, 1.807) is 0 Å². The van der Waals surface area contributed by atoms with Gasteiger partial charge >= 0.3 is 0 Å². The Morgan fingerprint density at radius 1 is 1.60 bits per heavy atom. The van der Waals surface area contributed by atoms with Crippen molar-refractivity contribution < 1.29 is 9.53 Å². The molecular formula is C10H19N3O2. The fourth-order valence-electron chi connectivity index (χ4n) is 2.18. The Morgan fingerprint density at radius 2 is 2.47 bits per heavy atom. The van der Waals surface area contributed by atoms with Crippen LogP contribution in [0.25, 0.3) is 0 Å².